The summed E-state index contributed by atoms with van der Waals surface area (Å²) >= 11 is 0. The van der Waals surface area contributed by atoms with Crippen molar-refractivity contribution >= 4 is 33.3 Å². The summed E-state index contributed by atoms with van der Waals surface area (Å²) in [5.74, 6) is -2.87. The number of nitrogens with one attached hydrogen (secondary N) is 2. The number of aliphatic carboxylic acids is 1. The molecular formula is C24H31F3N4O5S. The zero-order valence-electron chi connectivity index (χ0n) is 20.8. The molecule has 0 aromatic heterocycles. The van der Waals surface area contributed by atoms with Gasteiger partial charge < -0.3 is 20.2 Å². The van der Waals surface area contributed by atoms with E-state index in [4.69, 9.17) is 9.90 Å². The Morgan fingerprint density at radius 2 is 1.59 bits per heavy atom. The zero-order chi connectivity index (χ0) is 27.8. The number of nitrogens with zero attached hydrogens (tertiary/aromatic N) is 2. The van der Waals surface area contributed by atoms with Crippen molar-refractivity contribution in [1.29, 1.82) is 0 Å². The number of alkyl halides is 3. The van der Waals surface area contributed by atoms with E-state index >= 15 is 0 Å². The number of sulfonamides is 1. The molecule has 1 aliphatic heterocycles. The Labute approximate surface area is 214 Å². The Kier molecular flexibility index (Phi) is 10.3. The number of carbonyl (C=O) groups is 2. The van der Waals surface area contributed by atoms with Gasteiger partial charge >= 0.3 is 12.1 Å². The smallest absolute Gasteiger partial charge is 0.475 e. The highest BCUT2D eigenvalue weighted by molar-refractivity contribution is 7.92. The molecule has 0 unspecified atom stereocenters. The molecule has 3 N–H and O–H groups in total. The lowest BCUT2D eigenvalue weighted by Gasteiger charge is -2.31. The van der Waals surface area contributed by atoms with Crippen LogP contribution in [0, 0.1) is 6.92 Å². The van der Waals surface area contributed by atoms with Gasteiger partial charge in [-0.1, -0.05) is 17.7 Å². The van der Waals surface area contributed by atoms with Gasteiger partial charge in [0.05, 0.1) is 16.3 Å². The highest BCUT2D eigenvalue weighted by Gasteiger charge is 2.38. The van der Waals surface area contributed by atoms with Crippen LogP contribution in [0.15, 0.2) is 47.4 Å². The number of rotatable bonds is 7. The minimum Gasteiger partial charge on any atom is -0.475 e. The Morgan fingerprint density at radius 3 is 2.08 bits per heavy atom. The van der Waals surface area contributed by atoms with Crippen molar-refractivity contribution in [2.75, 3.05) is 48.9 Å². The second-order valence-electron chi connectivity index (χ2n) is 8.17. The Morgan fingerprint density at radius 1 is 1.05 bits per heavy atom. The highest BCUT2D eigenvalue weighted by atomic mass is 32.2. The summed E-state index contributed by atoms with van der Waals surface area (Å²) in [6.07, 6.45) is -5.08. The third-order valence-electron chi connectivity index (χ3n) is 5.57. The molecule has 1 amide bonds. The molecule has 0 radical (unpaired) electrons. The van der Waals surface area contributed by atoms with Gasteiger partial charge in [-0.2, -0.15) is 13.2 Å². The summed E-state index contributed by atoms with van der Waals surface area (Å²) in [5, 5.41) is 10.4. The number of piperazine rings is 1. The number of hydrogen-bond acceptors (Lipinski definition) is 6. The SMILES string of the molecule is CCN(CC)C(=O)c1ccc(N2CCNCC2)c(NS(=O)(=O)c2ccc(C)cc2)c1.O=C(O)C(F)(F)F. The van der Waals surface area contributed by atoms with Crippen LogP contribution < -0.4 is 14.9 Å². The molecule has 0 saturated carbocycles. The van der Waals surface area contributed by atoms with Crippen molar-refractivity contribution in [1.82, 2.24) is 10.2 Å². The van der Waals surface area contributed by atoms with Gasteiger partial charge in [0.15, 0.2) is 0 Å². The van der Waals surface area contributed by atoms with Crippen LogP contribution in [-0.2, 0) is 14.8 Å². The van der Waals surface area contributed by atoms with Gasteiger partial charge in [0.1, 0.15) is 0 Å². The number of benzene rings is 2. The highest BCUT2D eigenvalue weighted by Crippen LogP contribution is 2.30. The average Bonchev–Trinajstić information content (AvgIpc) is 2.85. The van der Waals surface area contributed by atoms with Crippen LogP contribution in [0.3, 0.4) is 0 Å². The molecule has 0 atom stereocenters. The second kappa shape index (κ2) is 12.8. The maximum atomic E-state index is 13.0. The fourth-order valence-electron chi connectivity index (χ4n) is 3.55. The van der Waals surface area contributed by atoms with Crippen LogP contribution in [-0.4, -0.2) is 75.7 Å². The van der Waals surface area contributed by atoms with Crippen LogP contribution in [0.1, 0.15) is 29.8 Å². The molecule has 0 bridgehead atoms. The molecule has 0 aliphatic carbocycles. The largest absolute Gasteiger partial charge is 0.490 e. The Hall–Kier alpha value is -3.32. The molecule has 1 saturated heterocycles. The quantitative estimate of drug-likeness (QED) is 0.489. The molecule has 0 spiro atoms. The van der Waals surface area contributed by atoms with E-state index in [9.17, 15) is 26.4 Å². The molecule has 1 aliphatic rings. The van der Waals surface area contributed by atoms with E-state index in [-0.39, 0.29) is 10.8 Å². The molecule has 3 rings (SSSR count). The first-order chi connectivity index (χ1) is 17.3. The van der Waals surface area contributed by atoms with E-state index in [1.807, 2.05) is 26.8 Å². The first-order valence-corrected chi connectivity index (χ1v) is 13.1. The minimum absolute atomic E-state index is 0.109. The number of hydrogen-bond donors (Lipinski definition) is 3. The molecule has 9 nitrogen and oxygen atoms in total. The van der Waals surface area contributed by atoms with Gasteiger partial charge in [0.2, 0.25) is 0 Å². The number of carboxylic acid groups (broad SMARTS) is 1. The number of halogens is 3. The van der Waals surface area contributed by atoms with Crippen LogP contribution in [0.25, 0.3) is 0 Å². The second-order valence-corrected chi connectivity index (χ2v) is 9.85. The predicted molar refractivity (Wildman–Crippen MR) is 134 cm³/mol. The summed E-state index contributed by atoms with van der Waals surface area (Å²) in [7, 11) is -3.78. The van der Waals surface area contributed by atoms with Crippen LogP contribution in [0.5, 0.6) is 0 Å². The minimum atomic E-state index is -5.08. The lowest BCUT2D eigenvalue weighted by molar-refractivity contribution is -0.192. The summed E-state index contributed by atoms with van der Waals surface area (Å²) in [5.41, 5.74) is 2.67. The van der Waals surface area contributed by atoms with Crippen molar-refractivity contribution < 1.29 is 36.3 Å². The zero-order valence-corrected chi connectivity index (χ0v) is 21.6. The monoisotopic (exact) mass is 544 g/mol. The van der Waals surface area contributed by atoms with Gasteiger partial charge in [-0.15, -0.1) is 0 Å². The first-order valence-electron chi connectivity index (χ1n) is 11.6. The fraction of sp³-hybridized carbons (Fsp3) is 0.417. The van der Waals surface area contributed by atoms with Crippen molar-refractivity contribution in [3.8, 4) is 0 Å². The first kappa shape index (κ1) is 29.9. The van der Waals surface area contributed by atoms with Gasteiger partial charge in [-0.05, 0) is 51.1 Å². The van der Waals surface area contributed by atoms with Crippen molar-refractivity contribution in [3.05, 3.63) is 53.6 Å². The number of carboxylic acids is 1. The fourth-order valence-corrected chi connectivity index (χ4v) is 4.61. The number of carbonyl (C=O) groups excluding carboxylic acids is 1. The number of amides is 1. The van der Waals surface area contributed by atoms with E-state index in [2.05, 4.69) is 14.9 Å². The average molecular weight is 545 g/mol. The number of anilines is 2. The molecule has 13 heteroatoms. The molecular weight excluding hydrogens is 513 g/mol. The Balaban J connectivity index is 0.000000604. The van der Waals surface area contributed by atoms with Crippen LogP contribution in [0.2, 0.25) is 0 Å². The molecule has 204 valence electrons. The van der Waals surface area contributed by atoms with Crippen molar-refractivity contribution in [3.63, 3.8) is 0 Å². The van der Waals surface area contributed by atoms with Crippen LogP contribution >= 0.6 is 0 Å². The third kappa shape index (κ3) is 8.35. The maximum Gasteiger partial charge on any atom is 0.490 e. The lowest BCUT2D eigenvalue weighted by atomic mass is 10.1. The van der Waals surface area contributed by atoms with E-state index in [0.29, 0.717) is 24.3 Å². The molecule has 2 aromatic carbocycles. The summed E-state index contributed by atoms with van der Waals surface area (Å²) in [4.78, 5) is 25.8. The van der Waals surface area contributed by atoms with Crippen LogP contribution in [0.4, 0.5) is 24.5 Å². The topological polar surface area (TPSA) is 119 Å². The standard InChI is InChI=1S/C22H30N4O3S.C2HF3O2/c1-4-25(5-2)22(27)18-8-11-21(26-14-12-23-13-15-26)20(16-18)24-30(28,29)19-9-6-17(3)7-10-19;3-2(4,5)1(6)7/h6-11,16,23-24H,4-5,12-15H2,1-3H3;(H,6,7). The normalized spacial score (nSPS) is 13.8. The van der Waals surface area contributed by atoms with Gasteiger partial charge in [-0.3, -0.25) is 9.52 Å². The van der Waals surface area contributed by atoms with E-state index < -0.39 is 22.2 Å². The van der Waals surface area contributed by atoms with E-state index in [1.165, 1.54) is 0 Å². The summed E-state index contributed by atoms with van der Waals surface area (Å²) in [6.45, 7) is 10.1. The lowest BCUT2D eigenvalue weighted by Crippen LogP contribution is -2.43. The Bertz CT molecular complexity index is 1180. The summed E-state index contributed by atoms with van der Waals surface area (Å²) < 4.78 is 60.5. The van der Waals surface area contributed by atoms with Gasteiger partial charge in [0.25, 0.3) is 15.9 Å². The van der Waals surface area contributed by atoms with Gasteiger partial charge in [0, 0.05) is 44.8 Å². The molecule has 2 aromatic rings. The van der Waals surface area contributed by atoms with Crippen molar-refractivity contribution in [2.45, 2.75) is 31.8 Å². The predicted octanol–water partition coefficient (Wildman–Crippen LogP) is 3.32. The van der Waals surface area contributed by atoms with E-state index in [0.717, 1.165) is 37.4 Å². The molecule has 1 heterocycles. The number of aryl methyl sites for hydroxylation is 1. The third-order valence-corrected chi connectivity index (χ3v) is 6.95. The van der Waals surface area contributed by atoms with E-state index in [1.54, 1.807) is 41.3 Å². The maximum absolute atomic E-state index is 13.0. The summed E-state index contributed by atoms with van der Waals surface area (Å²) in [6, 6.07) is 12.0. The molecule has 1 fully saturated rings. The van der Waals surface area contributed by atoms with Gasteiger partial charge in [-0.25, -0.2) is 13.2 Å². The van der Waals surface area contributed by atoms with Crippen molar-refractivity contribution in [2.24, 2.45) is 0 Å². The molecule has 37 heavy (non-hydrogen) atoms.